The molecule has 0 aliphatic rings. The first-order valence-electron chi connectivity index (χ1n) is 4.03. The van der Waals surface area contributed by atoms with Gasteiger partial charge in [0.1, 0.15) is 17.0 Å². The number of methoxy groups -OCH3 is 1. The summed E-state index contributed by atoms with van der Waals surface area (Å²) >= 11 is 0. The van der Waals surface area contributed by atoms with E-state index in [1.807, 2.05) is 0 Å². The monoisotopic (exact) mass is 182 g/mol. The molecule has 0 saturated heterocycles. The molecule has 0 fully saturated rings. The Hall–Kier alpha value is -1.13. The van der Waals surface area contributed by atoms with Gasteiger partial charge in [-0.3, -0.25) is 4.98 Å². The molecule has 72 valence electrons. The van der Waals surface area contributed by atoms with Crippen molar-refractivity contribution in [3.63, 3.8) is 0 Å². The molecule has 1 aromatic rings. The summed E-state index contributed by atoms with van der Waals surface area (Å²) in [6.45, 7) is 1.72. The first kappa shape index (κ1) is 9.95. The fourth-order valence-electron chi connectivity index (χ4n) is 1.06. The van der Waals surface area contributed by atoms with Gasteiger partial charge in [0.05, 0.1) is 7.11 Å². The number of pyridine rings is 1. The molecular weight excluding hydrogens is 168 g/mol. The highest BCUT2D eigenvalue weighted by atomic mass is 16.5. The number of hydrogen-bond donors (Lipinski definition) is 2. The van der Waals surface area contributed by atoms with Gasteiger partial charge in [-0.15, -0.1) is 0 Å². The maximum atomic E-state index is 9.84. The molecular formula is C9H14N2O2. The first-order valence-corrected chi connectivity index (χ1v) is 4.03. The maximum absolute atomic E-state index is 9.84. The summed E-state index contributed by atoms with van der Waals surface area (Å²) in [7, 11) is 1.53. The molecule has 0 saturated carbocycles. The van der Waals surface area contributed by atoms with Gasteiger partial charge >= 0.3 is 0 Å². The number of aliphatic hydroxyl groups is 1. The summed E-state index contributed by atoms with van der Waals surface area (Å²) in [5.74, 6) is 0.554. The van der Waals surface area contributed by atoms with Crippen molar-refractivity contribution in [3.8, 4) is 5.75 Å². The average Bonchev–Trinajstić information content (AvgIpc) is 2.18. The van der Waals surface area contributed by atoms with Crippen LogP contribution >= 0.6 is 0 Å². The van der Waals surface area contributed by atoms with Crippen molar-refractivity contribution < 1.29 is 9.84 Å². The quantitative estimate of drug-likeness (QED) is 0.703. The molecule has 0 aliphatic carbocycles. The van der Waals surface area contributed by atoms with Crippen LogP contribution in [0, 0.1) is 0 Å². The number of rotatable bonds is 3. The zero-order valence-corrected chi connectivity index (χ0v) is 7.82. The third-order valence-electron chi connectivity index (χ3n) is 1.90. The van der Waals surface area contributed by atoms with Crippen molar-refractivity contribution in [1.29, 1.82) is 0 Å². The molecule has 1 aromatic heterocycles. The number of nitrogens with two attached hydrogens (primary N) is 1. The minimum Gasteiger partial charge on any atom is -0.495 e. The van der Waals surface area contributed by atoms with E-state index < -0.39 is 5.60 Å². The predicted octanol–water partition coefficient (Wildman–Crippen LogP) is 0.256. The van der Waals surface area contributed by atoms with Gasteiger partial charge in [0, 0.05) is 12.7 Å². The van der Waals surface area contributed by atoms with Gasteiger partial charge in [0.25, 0.3) is 0 Å². The van der Waals surface area contributed by atoms with E-state index in [2.05, 4.69) is 4.98 Å². The summed E-state index contributed by atoms with van der Waals surface area (Å²) in [5, 5.41) is 9.84. The lowest BCUT2D eigenvalue weighted by molar-refractivity contribution is 0.0592. The van der Waals surface area contributed by atoms with Gasteiger partial charge in [0.15, 0.2) is 0 Å². The van der Waals surface area contributed by atoms with Gasteiger partial charge in [-0.25, -0.2) is 0 Å². The Morgan fingerprint density at radius 3 is 2.92 bits per heavy atom. The van der Waals surface area contributed by atoms with E-state index in [0.29, 0.717) is 11.4 Å². The molecule has 4 nitrogen and oxygen atoms in total. The lowest BCUT2D eigenvalue weighted by Crippen LogP contribution is -2.32. The number of ether oxygens (including phenoxy) is 1. The summed E-state index contributed by atoms with van der Waals surface area (Å²) in [6, 6.07) is 3.49. The van der Waals surface area contributed by atoms with Crippen LogP contribution in [0.25, 0.3) is 0 Å². The van der Waals surface area contributed by atoms with Crippen LogP contribution in [0.4, 0.5) is 0 Å². The Balaban J connectivity index is 3.12. The van der Waals surface area contributed by atoms with Gasteiger partial charge in [-0.1, -0.05) is 0 Å². The van der Waals surface area contributed by atoms with Crippen LogP contribution < -0.4 is 10.5 Å². The Morgan fingerprint density at radius 2 is 2.38 bits per heavy atom. The van der Waals surface area contributed by atoms with Gasteiger partial charge in [0.2, 0.25) is 0 Å². The lowest BCUT2D eigenvalue weighted by atomic mass is 10.0. The molecule has 0 amide bonds. The minimum atomic E-state index is -1.13. The Bertz CT molecular complexity index is 287. The second kappa shape index (κ2) is 3.72. The zero-order chi connectivity index (χ0) is 9.90. The highest BCUT2D eigenvalue weighted by Gasteiger charge is 2.26. The molecule has 1 heterocycles. The van der Waals surface area contributed by atoms with Crippen LogP contribution in [0.2, 0.25) is 0 Å². The van der Waals surface area contributed by atoms with E-state index in [0.717, 1.165) is 0 Å². The fourth-order valence-corrected chi connectivity index (χ4v) is 1.06. The van der Waals surface area contributed by atoms with Gasteiger partial charge in [-0.2, -0.15) is 0 Å². The fraction of sp³-hybridized carbons (Fsp3) is 0.444. The average molecular weight is 182 g/mol. The smallest absolute Gasteiger partial charge is 0.143 e. The summed E-state index contributed by atoms with van der Waals surface area (Å²) in [4.78, 5) is 4.04. The van der Waals surface area contributed by atoms with Crippen LogP contribution in [0.15, 0.2) is 18.3 Å². The van der Waals surface area contributed by atoms with Crippen LogP contribution in [-0.4, -0.2) is 23.7 Å². The molecule has 1 atom stereocenters. The standard InChI is InChI=1S/C9H14N2O2/c1-9(12,6-10)8-7(13-2)4-3-5-11-8/h3-5,12H,6,10H2,1-2H3. The molecule has 0 aliphatic heterocycles. The molecule has 3 N–H and O–H groups in total. The van der Waals surface area contributed by atoms with Crippen molar-refractivity contribution in [3.05, 3.63) is 24.0 Å². The maximum Gasteiger partial charge on any atom is 0.143 e. The zero-order valence-electron chi connectivity index (χ0n) is 7.82. The second-order valence-electron chi connectivity index (χ2n) is 3.03. The second-order valence-corrected chi connectivity index (χ2v) is 3.03. The lowest BCUT2D eigenvalue weighted by Gasteiger charge is -2.22. The predicted molar refractivity (Wildman–Crippen MR) is 49.4 cm³/mol. The molecule has 1 unspecified atom stereocenters. The van der Waals surface area contributed by atoms with Crippen LogP contribution in [0.3, 0.4) is 0 Å². The third kappa shape index (κ3) is 1.96. The van der Waals surface area contributed by atoms with E-state index in [-0.39, 0.29) is 6.54 Å². The summed E-state index contributed by atoms with van der Waals surface area (Å²) in [5.41, 5.74) is 4.76. The van der Waals surface area contributed by atoms with E-state index in [4.69, 9.17) is 10.5 Å². The third-order valence-corrected chi connectivity index (χ3v) is 1.90. The largest absolute Gasteiger partial charge is 0.495 e. The van der Waals surface area contributed by atoms with Gasteiger partial charge in [-0.05, 0) is 19.1 Å². The number of aromatic nitrogens is 1. The summed E-state index contributed by atoms with van der Waals surface area (Å²) in [6.07, 6.45) is 1.60. The molecule has 13 heavy (non-hydrogen) atoms. The highest BCUT2D eigenvalue weighted by Crippen LogP contribution is 2.25. The van der Waals surface area contributed by atoms with Crippen molar-refractivity contribution in [2.24, 2.45) is 5.73 Å². The first-order chi connectivity index (χ1) is 6.11. The molecule has 0 bridgehead atoms. The molecule has 0 spiro atoms. The molecule has 0 aromatic carbocycles. The Labute approximate surface area is 77.4 Å². The van der Waals surface area contributed by atoms with Crippen molar-refractivity contribution in [2.75, 3.05) is 13.7 Å². The Kier molecular flexibility index (Phi) is 2.85. The van der Waals surface area contributed by atoms with Crippen molar-refractivity contribution in [2.45, 2.75) is 12.5 Å². The normalized spacial score (nSPS) is 15.1. The van der Waals surface area contributed by atoms with E-state index >= 15 is 0 Å². The van der Waals surface area contributed by atoms with Gasteiger partial charge < -0.3 is 15.6 Å². The Morgan fingerprint density at radius 1 is 1.69 bits per heavy atom. The molecule has 0 radical (unpaired) electrons. The van der Waals surface area contributed by atoms with Crippen molar-refractivity contribution in [1.82, 2.24) is 4.98 Å². The van der Waals surface area contributed by atoms with E-state index in [9.17, 15) is 5.11 Å². The van der Waals surface area contributed by atoms with E-state index in [1.165, 1.54) is 7.11 Å². The van der Waals surface area contributed by atoms with Crippen molar-refractivity contribution >= 4 is 0 Å². The van der Waals surface area contributed by atoms with E-state index in [1.54, 1.807) is 25.3 Å². The molecule has 4 heteroatoms. The number of nitrogens with zero attached hydrogens (tertiary/aromatic N) is 1. The topological polar surface area (TPSA) is 68.4 Å². The highest BCUT2D eigenvalue weighted by molar-refractivity contribution is 5.31. The molecule has 1 rings (SSSR count). The minimum absolute atomic E-state index is 0.111. The van der Waals surface area contributed by atoms with Crippen LogP contribution in [-0.2, 0) is 5.60 Å². The SMILES string of the molecule is COc1cccnc1C(C)(O)CN. The van der Waals surface area contributed by atoms with Crippen LogP contribution in [0.5, 0.6) is 5.75 Å². The number of hydrogen-bond acceptors (Lipinski definition) is 4. The summed E-state index contributed by atoms with van der Waals surface area (Å²) < 4.78 is 5.06. The van der Waals surface area contributed by atoms with Crippen LogP contribution in [0.1, 0.15) is 12.6 Å².